The largest absolute Gasteiger partial charge is 0.508 e. The highest BCUT2D eigenvalue weighted by Crippen LogP contribution is 2.34. The van der Waals surface area contributed by atoms with Crippen molar-refractivity contribution in [2.24, 2.45) is 5.73 Å². The minimum absolute atomic E-state index is 0.0473. The van der Waals surface area contributed by atoms with Crippen LogP contribution in [-0.2, 0) is 11.3 Å². The van der Waals surface area contributed by atoms with Crippen molar-refractivity contribution in [3.05, 3.63) is 100 Å². The molecule has 0 bridgehead atoms. The number of halogens is 1. The number of benzene rings is 3. The molecule has 0 fully saturated rings. The summed E-state index contributed by atoms with van der Waals surface area (Å²) in [6, 6.07) is 16.5. The second-order valence-corrected chi connectivity index (χ2v) is 9.13. The van der Waals surface area contributed by atoms with Gasteiger partial charge in [-0.05, 0) is 65.1 Å². The zero-order valence-corrected chi connectivity index (χ0v) is 21.4. The van der Waals surface area contributed by atoms with Gasteiger partial charge in [0.25, 0.3) is 11.8 Å². The number of hydrogen-bond donors (Lipinski definition) is 4. The highest BCUT2D eigenvalue weighted by Gasteiger charge is 2.36. The third-order valence-electron chi connectivity index (χ3n) is 5.80. The van der Waals surface area contributed by atoms with E-state index < -0.39 is 29.6 Å². The molecule has 0 aliphatic heterocycles. The summed E-state index contributed by atoms with van der Waals surface area (Å²) < 4.78 is 23.4. The Hall–Kier alpha value is -4.97. The van der Waals surface area contributed by atoms with Crippen LogP contribution in [0, 0.1) is 5.82 Å². The number of carbonyl (C=O) groups is 3. The van der Waals surface area contributed by atoms with E-state index in [1.54, 1.807) is 31.4 Å². The van der Waals surface area contributed by atoms with E-state index in [9.17, 15) is 23.9 Å². The van der Waals surface area contributed by atoms with Gasteiger partial charge in [-0.3, -0.25) is 19.3 Å². The highest BCUT2D eigenvalue weighted by atomic mass is 32.1. The number of rotatable bonds is 9. The fraction of sp³-hybridized carbons (Fsp3) is 0.111. The summed E-state index contributed by atoms with van der Waals surface area (Å²) in [5.74, 6) is -2.39. The van der Waals surface area contributed by atoms with Gasteiger partial charge in [-0.15, -0.1) is 0 Å². The van der Waals surface area contributed by atoms with Crippen LogP contribution in [-0.4, -0.2) is 34.3 Å². The lowest BCUT2D eigenvalue weighted by atomic mass is 10.0. The number of primary amides is 1. The van der Waals surface area contributed by atoms with Crippen LogP contribution in [0.5, 0.6) is 11.5 Å². The van der Waals surface area contributed by atoms with Gasteiger partial charge in [-0.1, -0.05) is 30.3 Å². The first-order chi connectivity index (χ1) is 18.7. The van der Waals surface area contributed by atoms with Gasteiger partial charge in [0.05, 0.1) is 12.8 Å². The predicted octanol–water partition coefficient (Wildman–Crippen LogP) is 3.38. The molecule has 10 nitrogen and oxygen atoms in total. The Balaban J connectivity index is 1.79. The molecule has 3 aromatic carbocycles. The molecule has 39 heavy (non-hydrogen) atoms. The molecule has 3 amide bonds. The van der Waals surface area contributed by atoms with Crippen molar-refractivity contribution in [2.45, 2.75) is 12.6 Å². The van der Waals surface area contributed by atoms with E-state index in [0.29, 0.717) is 22.8 Å². The van der Waals surface area contributed by atoms with Crippen LogP contribution in [0.3, 0.4) is 0 Å². The summed E-state index contributed by atoms with van der Waals surface area (Å²) in [6.07, 6.45) is 0. The number of phenols is 1. The molecule has 0 radical (unpaired) electrons. The number of aromatic hydroxyl groups is 1. The Morgan fingerprint density at radius 2 is 1.79 bits per heavy atom. The van der Waals surface area contributed by atoms with Crippen LogP contribution < -0.4 is 26.4 Å². The highest BCUT2D eigenvalue weighted by molar-refractivity contribution is 7.09. The molecule has 0 saturated carbocycles. The first-order valence-corrected chi connectivity index (χ1v) is 12.3. The maximum atomic E-state index is 14.4. The lowest BCUT2D eigenvalue weighted by molar-refractivity contribution is -0.122. The number of amides is 3. The summed E-state index contributed by atoms with van der Waals surface area (Å²) in [6.45, 7) is 0.108. The zero-order valence-electron chi connectivity index (χ0n) is 20.6. The van der Waals surface area contributed by atoms with E-state index in [4.69, 9.17) is 16.2 Å². The van der Waals surface area contributed by atoms with Gasteiger partial charge in [0.15, 0.2) is 5.69 Å². The van der Waals surface area contributed by atoms with Crippen molar-refractivity contribution in [3.8, 4) is 11.5 Å². The van der Waals surface area contributed by atoms with E-state index in [0.717, 1.165) is 16.5 Å². The number of hydrogen-bond acceptors (Lipinski definition) is 8. The lowest BCUT2D eigenvalue weighted by Gasteiger charge is -2.31. The van der Waals surface area contributed by atoms with Gasteiger partial charge >= 0.3 is 0 Å². The maximum absolute atomic E-state index is 14.4. The molecule has 0 aliphatic carbocycles. The maximum Gasteiger partial charge on any atom is 0.273 e. The second kappa shape index (κ2) is 11.6. The summed E-state index contributed by atoms with van der Waals surface area (Å²) in [5, 5.41) is 12.6. The number of nitrogens with one attached hydrogen (secondary N) is 1. The summed E-state index contributed by atoms with van der Waals surface area (Å²) in [7, 11) is 1.54. The Kier molecular flexibility index (Phi) is 8.06. The fourth-order valence-electron chi connectivity index (χ4n) is 3.85. The van der Waals surface area contributed by atoms with E-state index in [-0.39, 0.29) is 34.2 Å². The average molecular weight is 550 g/mol. The molecule has 200 valence electrons. The fourth-order valence-corrected chi connectivity index (χ4v) is 4.59. The van der Waals surface area contributed by atoms with Crippen molar-refractivity contribution in [3.63, 3.8) is 0 Å². The Labute approximate surface area is 226 Å². The molecule has 1 aromatic heterocycles. The third kappa shape index (κ3) is 5.96. The van der Waals surface area contributed by atoms with Gasteiger partial charge in [0, 0.05) is 12.2 Å². The van der Waals surface area contributed by atoms with Gasteiger partial charge in [-0.2, -0.15) is 4.37 Å². The Morgan fingerprint density at radius 3 is 2.38 bits per heavy atom. The number of nitrogens with zero attached hydrogens (tertiary/aromatic N) is 2. The topological polar surface area (TPSA) is 161 Å². The number of nitrogens with two attached hydrogens (primary N) is 2. The zero-order chi connectivity index (χ0) is 28.1. The number of ether oxygens (including phenoxy) is 1. The second-order valence-electron chi connectivity index (χ2n) is 8.35. The molecular weight excluding hydrogens is 525 g/mol. The number of nitrogen functional groups attached to an aromatic ring is 1. The Bertz CT molecular complexity index is 1510. The van der Waals surface area contributed by atoms with Crippen LogP contribution in [0.4, 0.5) is 15.8 Å². The molecule has 12 heteroatoms. The minimum atomic E-state index is -1.34. The van der Waals surface area contributed by atoms with E-state index in [1.807, 2.05) is 0 Å². The SMILES string of the molecule is COc1ccc(CNC(=O)C(c2ccc(O)cc2)N(C(=O)c2snc(C(N)=O)c2N)c2cccc(F)c2)cc1. The number of carbonyl (C=O) groups excluding carboxylic acids is 3. The van der Waals surface area contributed by atoms with E-state index >= 15 is 0 Å². The van der Waals surface area contributed by atoms with E-state index in [1.165, 1.54) is 42.5 Å². The van der Waals surface area contributed by atoms with Gasteiger partial charge in [-0.25, -0.2) is 4.39 Å². The van der Waals surface area contributed by atoms with Crippen LogP contribution >= 0.6 is 11.5 Å². The van der Waals surface area contributed by atoms with Crippen molar-refractivity contribution < 1.29 is 28.6 Å². The molecular formula is C27H24FN5O5S. The molecule has 1 heterocycles. The first-order valence-electron chi connectivity index (χ1n) is 11.5. The van der Waals surface area contributed by atoms with Crippen LogP contribution in [0.25, 0.3) is 0 Å². The first kappa shape index (κ1) is 27.1. The summed E-state index contributed by atoms with van der Waals surface area (Å²) in [4.78, 5) is 40.3. The molecule has 6 N–H and O–H groups in total. The van der Waals surface area contributed by atoms with Crippen molar-refractivity contribution >= 4 is 40.6 Å². The average Bonchev–Trinajstić information content (AvgIpc) is 3.32. The number of anilines is 2. The molecule has 1 unspecified atom stereocenters. The van der Waals surface area contributed by atoms with Gasteiger partial charge in [0.2, 0.25) is 5.91 Å². The lowest BCUT2D eigenvalue weighted by Crippen LogP contribution is -2.44. The summed E-state index contributed by atoms with van der Waals surface area (Å²) >= 11 is 0.636. The monoisotopic (exact) mass is 549 g/mol. The molecule has 0 saturated heterocycles. The van der Waals surface area contributed by atoms with Crippen LogP contribution in [0.15, 0.2) is 72.8 Å². The normalized spacial score (nSPS) is 11.4. The predicted molar refractivity (Wildman–Crippen MR) is 144 cm³/mol. The molecule has 0 spiro atoms. The molecule has 4 rings (SSSR count). The van der Waals surface area contributed by atoms with Crippen LogP contribution in [0.2, 0.25) is 0 Å². The molecule has 0 aliphatic rings. The molecule has 1 atom stereocenters. The standard InChI is InChI=1S/C27H24FN5O5S/c1-38-20-11-5-15(6-12-20)14-31-26(36)23(16-7-9-19(34)10-8-16)33(18-4-2-3-17(28)13-18)27(37)24-21(29)22(25(30)35)32-39-24/h2-13,23,34H,14,29H2,1H3,(H2,30,35)(H,31,36). The minimum Gasteiger partial charge on any atom is -0.508 e. The number of aromatic nitrogens is 1. The van der Waals surface area contributed by atoms with Crippen molar-refractivity contribution in [1.29, 1.82) is 0 Å². The van der Waals surface area contributed by atoms with Gasteiger partial charge < -0.3 is 26.6 Å². The van der Waals surface area contributed by atoms with Crippen molar-refractivity contribution in [2.75, 3.05) is 17.7 Å². The summed E-state index contributed by atoms with van der Waals surface area (Å²) in [5.41, 5.74) is 11.9. The smallest absolute Gasteiger partial charge is 0.273 e. The third-order valence-corrected chi connectivity index (χ3v) is 6.65. The number of phenolic OH excluding ortho intramolecular Hbond substituents is 1. The quantitative estimate of drug-likeness (QED) is 0.249. The van der Waals surface area contributed by atoms with Crippen molar-refractivity contribution in [1.82, 2.24) is 9.69 Å². The van der Waals surface area contributed by atoms with Gasteiger partial charge in [0.1, 0.15) is 28.2 Å². The van der Waals surface area contributed by atoms with E-state index in [2.05, 4.69) is 9.69 Å². The number of methoxy groups -OCH3 is 1. The molecule has 4 aromatic rings. The Morgan fingerprint density at radius 1 is 1.10 bits per heavy atom. The van der Waals surface area contributed by atoms with Crippen LogP contribution in [0.1, 0.15) is 37.3 Å².